The first-order valence-corrected chi connectivity index (χ1v) is 11.5. The van der Waals surface area contributed by atoms with Gasteiger partial charge in [0.1, 0.15) is 5.82 Å². The highest BCUT2D eigenvalue weighted by Crippen LogP contribution is 2.40. The van der Waals surface area contributed by atoms with Crippen LogP contribution >= 0.6 is 0 Å². The first kappa shape index (κ1) is 21.1. The fraction of sp³-hybridized carbons (Fsp3) is 0.250. The number of carbonyl (C=O) groups excluding carboxylic acids is 1. The summed E-state index contributed by atoms with van der Waals surface area (Å²) in [7, 11) is 0. The lowest BCUT2D eigenvalue weighted by atomic mass is 9.96. The molecule has 0 saturated heterocycles. The van der Waals surface area contributed by atoms with Crippen molar-refractivity contribution in [2.75, 3.05) is 4.90 Å². The van der Waals surface area contributed by atoms with E-state index in [4.69, 9.17) is 4.98 Å². The summed E-state index contributed by atoms with van der Waals surface area (Å²) in [5.74, 6) is 0.385. The van der Waals surface area contributed by atoms with Crippen LogP contribution in [0, 0.1) is 0 Å². The van der Waals surface area contributed by atoms with E-state index in [1.165, 1.54) is 0 Å². The van der Waals surface area contributed by atoms with Crippen LogP contribution in [0.25, 0.3) is 10.9 Å². The highest BCUT2D eigenvalue weighted by Gasteiger charge is 2.39. The molecule has 1 amide bonds. The number of aryl methyl sites for hydroxylation is 1. The van der Waals surface area contributed by atoms with Gasteiger partial charge in [-0.1, -0.05) is 60.7 Å². The van der Waals surface area contributed by atoms with Crippen molar-refractivity contribution in [2.24, 2.45) is 0 Å². The molecule has 5 rings (SSSR count). The van der Waals surface area contributed by atoms with E-state index in [-0.39, 0.29) is 23.4 Å². The van der Waals surface area contributed by atoms with Crippen LogP contribution in [0.3, 0.4) is 0 Å². The van der Waals surface area contributed by atoms with Crippen molar-refractivity contribution in [3.8, 4) is 0 Å². The van der Waals surface area contributed by atoms with E-state index in [0.717, 1.165) is 23.2 Å². The van der Waals surface area contributed by atoms with Crippen LogP contribution < -0.4 is 10.5 Å². The van der Waals surface area contributed by atoms with Gasteiger partial charge in [0, 0.05) is 24.7 Å². The third-order valence-corrected chi connectivity index (χ3v) is 6.42. The van der Waals surface area contributed by atoms with Gasteiger partial charge in [-0.3, -0.25) is 14.2 Å². The van der Waals surface area contributed by atoms with Gasteiger partial charge in [0.25, 0.3) is 5.56 Å². The van der Waals surface area contributed by atoms with Crippen molar-refractivity contribution in [3.63, 3.8) is 0 Å². The summed E-state index contributed by atoms with van der Waals surface area (Å²) >= 11 is 0. The van der Waals surface area contributed by atoms with Crippen LogP contribution in [0.15, 0.2) is 83.7 Å². The molecule has 1 atom stereocenters. The fourth-order valence-corrected chi connectivity index (χ4v) is 4.82. The van der Waals surface area contributed by atoms with Crippen molar-refractivity contribution < 1.29 is 4.79 Å². The second-order valence-corrected chi connectivity index (χ2v) is 8.86. The molecule has 33 heavy (non-hydrogen) atoms. The van der Waals surface area contributed by atoms with Crippen LogP contribution in [0.2, 0.25) is 0 Å². The summed E-state index contributed by atoms with van der Waals surface area (Å²) in [5.41, 5.74) is 3.75. The molecule has 1 aliphatic rings. The molecule has 0 N–H and O–H groups in total. The average molecular weight is 438 g/mol. The zero-order valence-electron chi connectivity index (χ0n) is 18.9. The molecule has 0 spiro atoms. The molecule has 0 aliphatic carbocycles. The molecule has 4 aromatic rings. The SMILES string of the molecule is CC(C)N1C(=O)[C@H](Cc2nc3ccccc3c(=O)n2CCc2ccccc2)c2ccccc21. The Morgan fingerprint density at radius 2 is 1.58 bits per heavy atom. The molecular formula is C28H27N3O2. The highest BCUT2D eigenvalue weighted by atomic mass is 16.2. The standard InChI is InChI=1S/C28H27N3O2/c1-19(2)31-25-15-9-7-12-21(25)23(28(31)33)18-26-29-24-14-8-6-13-22(24)27(32)30(26)17-16-20-10-4-3-5-11-20/h3-15,19,23H,16-18H2,1-2H3/t23-/m1/s1. The number of carbonyl (C=O) groups is 1. The van der Waals surface area contributed by atoms with E-state index in [2.05, 4.69) is 12.1 Å². The molecule has 5 heteroatoms. The predicted molar refractivity (Wildman–Crippen MR) is 132 cm³/mol. The number of anilines is 1. The van der Waals surface area contributed by atoms with E-state index in [1.54, 1.807) is 4.57 Å². The Bertz CT molecular complexity index is 1380. The molecule has 1 aromatic heterocycles. The Morgan fingerprint density at radius 3 is 2.36 bits per heavy atom. The highest BCUT2D eigenvalue weighted by molar-refractivity contribution is 6.05. The zero-order chi connectivity index (χ0) is 22.9. The monoisotopic (exact) mass is 437 g/mol. The average Bonchev–Trinajstić information content (AvgIpc) is 3.11. The molecule has 0 fully saturated rings. The van der Waals surface area contributed by atoms with E-state index in [0.29, 0.717) is 29.7 Å². The Kier molecular flexibility index (Phi) is 5.55. The number of benzene rings is 3. The number of hydrogen-bond donors (Lipinski definition) is 0. The van der Waals surface area contributed by atoms with Crippen molar-refractivity contribution in [1.29, 1.82) is 0 Å². The second-order valence-electron chi connectivity index (χ2n) is 8.86. The third kappa shape index (κ3) is 3.84. The maximum Gasteiger partial charge on any atom is 0.261 e. The van der Waals surface area contributed by atoms with Crippen LogP contribution in [0.5, 0.6) is 0 Å². The summed E-state index contributed by atoms with van der Waals surface area (Å²) in [6.45, 7) is 4.58. The maximum atomic E-state index is 13.5. The number of rotatable bonds is 6. The van der Waals surface area contributed by atoms with Crippen LogP contribution in [-0.4, -0.2) is 21.5 Å². The molecule has 0 radical (unpaired) electrons. The molecule has 166 valence electrons. The van der Waals surface area contributed by atoms with Gasteiger partial charge in [-0.05, 0) is 49.6 Å². The van der Waals surface area contributed by atoms with Crippen LogP contribution in [0.1, 0.15) is 36.7 Å². The molecule has 0 saturated carbocycles. The first-order chi connectivity index (χ1) is 16.0. The Labute approximate surface area is 193 Å². The minimum atomic E-state index is -0.348. The molecule has 0 unspecified atom stereocenters. The van der Waals surface area contributed by atoms with E-state index >= 15 is 0 Å². The van der Waals surface area contributed by atoms with Crippen molar-refractivity contribution in [1.82, 2.24) is 9.55 Å². The minimum Gasteiger partial charge on any atom is -0.309 e. The first-order valence-electron chi connectivity index (χ1n) is 11.5. The number of hydrogen-bond acceptors (Lipinski definition) is 3. The number of aromatic nitrogens is 2. The third-order valence-electron chi connectivity index (χ3n) is 6.42. The molecule has 2 heterocycles. The van der Waals surface area contributed by atoms with Gasteiger partial charge in [-0.2, -0.15) is 0 Å². The lowest BCUT2D eigenvalue weighted by Gasteiger charge is -2.22. The molecule has 5 nitrogen and oxygen atoms in total. The predicted octanol–water partition coefficient (Wildman–Crippen LogP) is 4.72. The van der Waals surface area contributed by atoms with Crippen LogP contribution in [0.4, 0.5) is 5.69 Å². The number of para-hydroxylation sites is 2. The van der Waals surface area contributed by atoms with Crippen molar-refractivity contribution in [2.45, 2.75) is 45.2 Å². The summed E-state index contributed by atoms with van der Waals surface area (Å²) < 4.78 is 1.77. The summed E-state index contributed by atoms with van der Waals surface area (Å²) in [4.78, 5) is 33.7. The lowest BCUT2D eigenvalue weighted by molar-refractivity contribution is -0.119. The Hall–Kier alpha value is -3.73. The van der Waals surface area contributed by atoms with Gasteiger partial charge in [-0.15, -0.1) is 0 Å². The number of amides is 1. The van der Waals surface area contributed by atoms with E-state index in [1.807, 2.05) is 85.5 Å². The molecule has 1 aliphatic heterocycles. The minimum absolute atomic E-state index is 0.0500. The van der Waals surface area contributed by atoms with Gasteiger partial charge < -0.3 is 4.90 Å². The van der Waals surface area contributed by atoms with Gasteiger partial charge >= 0.3 is 0 Å². The molecule has 0 bridgehead atoms. The van der Waals surface area contributed by atoms with Crippen molar-refractivity contribution >= 4 is 22.5 Å². The Balaban J connectivity index is 1.57. The van der Waals surface area contributed by atoms with Gasteiger partial charge in [0.05, 0.1) is 16.8 Å². The fourth-order valence-electron chi connectivity index (χ4n) is 4.82. The van der Waals surface area contributed by atoms with Crippen molar-refractivity contribution in [3.05, 3.63) is 106 Å². The summed E-state index contributed by atoms with van der Waals surface area (Å²) in [5, 5.41) is 0.608. The van der Waals surface area contributed by atoms with E-state index in [9.17, 15) is 9.59 Å². The normalized spacial score (nSPS) is 15.4. The van der Waals surface area contributed by atoms with Gasteiger partial charge in [0.15, 0.2) is 0 Å². The summed E-state index contributed by atoms with van der Waals surface area (Å²) in [6, 6.07) is 25.6. The van der Waals surface area contributed by atoms with Gasteiger partial charge in [0.2, 0.25) is 5.91 Å². The Morgan fingerprint density at radius 1 is 0.879 bits per heavy atom. The second kappa shape index (κ2) is 8.66. The number of fused-ring (bicyclic) bond motifs is 2. The van der Waals surface area contributed by atoms with E-state index < -0.39 is 0 Å². The topological polar surface area (TPSA) is 55.2 Å². The van der Waals surface area contributed by atoms with Crippen LogP contribution in [-0.2, 0) is 24.2 Å². The smallest absolute Gasteiger partial charge is 0.261 e. The molecular weight excluding hydrogens is 410 g/mol. The summed E-state index contributed by atoms with van der Waals surface area (Å²) in [6.07, 6.45) is 1.12. The maximum absolute atomic E-state index is 13.5. The quantitative estimate of drug-likeness (QED) is 0.439. The lowest BCUT2D eigenvalue weighted by Crippen LogP contribution is -2.36. The largest absolute Gasteiger partial charge is 0.309 e. The molecule has 3 aromatic carbocycles. The van der Waals surface area contributed by atoms with Gasteiger partial charge in [-0.25, -0.2) is 4.98 Å². The zero-order valence-corrected chi connectivity index (χ0v) is 18.9. The number of nitrogens with zero attached hydrogens (tertiary/aromatic N) is 3.